The average molecular weight is 509 g/mol. The van der Waals surface area contributed by atoms with E-state index in [-0.39, 0.29) is 5.41 Å². The van der Waals surface area contributed by atoms with Gasteiger partial charge in [0.15, 0.2) is 0 Å². The number of hydrogen-bond acceptors (Lipinski definition) is 5. The maximum absolute atomic E-state index is 12.7. The minimum atomic E-state index is -0.543. The van der Waals surface area contributed by atoms with E-state index in [2.05, 4.69) is 41.8 Å². The van der Waals surface area contributed by atoms with Crippen molar-refractivity contribution >= 4 is 5.78 Å². The molecule has 0 amide bonds. The summed E-state index contributed by atoms with van der Waals surface area (Å²) in [4.78, 5) is 17.8. The molecule has 6 rings (SSSR count). The van der Waals surface area contributed by atoms with Gasteiger partial charge in [0.1, 0.15) is 11.5 Å². The van der Waals surface area contributed by atoms with Crippen LogP contribution in [0.2, 0.25) is 0 Å². The SMILES string of the molecule is COc1cccc(CN2CCN(C[C@@]3(O)CC[C@@]4(C)[C@@H](CC[C@@H]5[C@@H]4CC[C@]4(C)C(=O)CC[C@@H]54)C3)CC2)c1. The molecule has 1 aliphatic heterocycles. The predicted octanol–water partition coefficient (Wildman–Crippen LogP) is 5.16. The average Bonchev–Trinajstić information content (AvgIpc) is 3.20. The van der Waals surface area contributed by atoms with Gasteiger partial charge in [-0.05, 0) is 98.1 Å². The van der Waals surface area contributed by atoms with E-state index in [0.29, 0.717) is 23.0 Å². The maximum atomic E-state index is 12.7. The van der Waals surface area contributed by atoms with Gasteiger partial charge in [-0.15, -0.1) is 0 Å². The molecule has 5 nitrogen and oxygen atoms in total. The number of piperazine rings is 1. The highest BCUT2D eigenvalue weighted by Gasteiger charge is 2.61. The Balaban J connectivity index is 1.04. The molecule has 37 heavy (non-hydrogen) atoms. The van der Waals surface area contributed by atoms with Gasteiger partial charge in [-0.25, -0.2) is 0 Å². The van der Waals surface area contributed by atoms with Crippen LogP contribution in [-0.4, -0.2) is 66.1 Å². The van der Waals surface area contributed by atoms with Gasteiger partial charge < -0.3 is 9.84 Å². The lowest BCUT2D eigenvalue weighted by Gasteiger charge is -2.61. The zero-order chi connectivity index (χ0) is 25.8. The number of hydrogen-bond donors (Lipinski definition) is 1. The zero-order valence-corrected chi connectivity index (χ0v) is 23.4. The molecule has 0 spiro atoms. The van der Waals surface area contributed by atoms with Crippen LogP contribution in [0.25, 0.3) is 0 Å². The number of Topliss-reactive ketones (excluding diaryl/α,β-unsaturated/α-hetero) is 1. The first-order valence-corrected chi connectivity index (χ1v) is 15.1. The fourth-order valence-corrected chi connectivity index (χ4v) is 9.79. The summed E-state index contributed by atoms with van der Waals surface area (Å²) in [5, 5.41) is 11.8. The van der Waals surface area contributed by atoms with E-state index >= 15 is 0 Å². The summed E-state index contributed by atoms with van der Waals surface area (Å²) < 4.78 is 5.39. The van der Waals surface area contributed by atoms with Gasteiger partial charge in [-0.3, -0.25) is 14.6 Å². The van der Waals surface area contributed by atoms with Crippen molar-refractivity contribution in [2.75, 3.05) is 39.8 Å². The van der Waals surface area contributed by atoms with Crippen LogP contribution in [0.1, 0.15) is 77.2 Å². The molecule has 5 aliphatic rings. The smallest absolute Gasteiger partial charge is 0.139 e. The molecular formula is C32H48N2O3. The Labute approximate surface area is 223 Å². The van der Waals surface area contributed by atoms with Crippen molar-refractivity contribution in [3.63, 3.8) is 0 Å². The summed E-state index contributed by atoms with van der Waals surface area (Å²) in [5.41, 5.74) is 1.07. The van der Waals surface area contributed by atoms with Crippen molar-refractivity contribution in [3.8, 4) is 5.75 Å². The molecule has 1 heterocycles. The Bertz CT molecular complexity index is 1010. The van der Waals surface area contributed by atoms with E-state index in [4.69, 9.17) is 4.74 Å². The normalized spacial score (nSPS) is 42.6. The number of carbonyl (C=O) groups is 1. The zero-order valence-electron chi connectivity index (χ0n) is 23.4. The van der Waals surface area contributed by atoms with Crippen molar-refractivity contribution in [1.29, 1.82) is 0 Å². The van der Waals surface area contributed by atoms with E-state index in [9.17, 15) is 9.90 Å². The maximum Gasteiger partial charge on any atom is 0.139 e. The molecule has 4 aliphatic carbocycles. The molecule has 5 heteroatoms. The predicted molar refractivity (Wildman–Crippen MR) is 146 cm³/mol. The Kier molecular flexibility index (Phi) is 6.73. The van der Waals surface area contributed by atoms with Gasteiger partial charge in [0.2, 0.25) is 0 Å². The number of benzene rings is 1. The fourth-order valence-electron chi connectivity index (χ4n) is 9.79. The van der Waals surface area contributed by atoms with Crippen LogP contribution in [0.4, 0.5) is 0 Å². The van der Waals surface area contributed by atoms with Crippen LogP contribution in [0.15, 0.2) is 24.3 Å². The first-order chi connectivity index (χ1) is 17.7. The Morgan fingerprint density at radius 3 is 2.54 bits per heavy atom. The lowest BCUT2D eigenvalue weighted by Crippen LogP contribution is -2.59. The number of carbonyl (C=O) groups excluding carboxylic acids is 1. The molecule has 7 atom stereocenters. The molecule has 0 unspecified atom stereocenters. The Hall–Kier alpha value is -1.43. The summed E-state index contributed by atoms with van der Waals surface area (Å²) in [6.45, 7) is 10.8. The summed E-state index contributed by atoms with van der Waals surface area (Å²) >= 11 is 0. The lowest BCUT2D eigenvalue weighted by atomic mass is 9.44. The van der Waals surface area contributed by atoms with E-state index in [0.717, 1.165) is 95.4 Å². The van der Waals surface area contributed by atoms with Crippen LogP contribution in [-0.2, 0) is 11.3 Å². The third-order valence-electron chi connectivity index (χ3n) is 12.1. The molecule has 0 radical (unpaired) electrons. The number of aliphatic hydroxyl groups is 1. The largest absolute Gasteiger partial charge is 0.497 e. The second-order valence-corrected chi connectivity index (χ2v) is 13.9. The van der Waals surface area contributed by atoms with Gasteiger partial charge in [-0.1, -0.05) is 26.0 Å². The van der Waals surface area contributed by atoms with E-state index in [1.54, 1.807) is 7.11 Å². The minimum Gasteiger partial charge on any atom is -0.497 e. The molecule has 5 fully saturated rings. The van der Waals surface area contributed by atoms with E-state index in [1.807, 2.05) is 6.07 Å². The molecule has 204 valence electrons. The minimum absolute atomic E-state index is 0.0332. The van der Waals surface area contributed by atoms with Crippen molar-refractivity contribution in [3.05, 3.63) is 29.8 Å². The van der Waals surface area contributed by atoms with Crippen molar-refractivity contribution in [2.24, 2.45) is 34.5 Å². The van der Waals surface area contributed by atoms with Crippen molar-refractivity contribution in [2.45, 2.75) is 83.8 Å². The molecule has 1 aromatic rings. The van der Waals surface area contributed by atoms with Crippen LogP contribution in [0.5, 0.6) is 5.75 Å². The monoisotopic (exact) mass is 508 g/mol. The molecule has 0 aromatic heterocycles. The molecule has 1 N–H and O–H groups in total. The van der Waals surface area contributed by atoms with Crippen molar-refractivity contribution < 1.29 is 14.6 Å². The summed E-state index contributed by atoms with van der Waals surface area (Å²) in [7, 11) is 1.73. The van der Waals surface area contributed by atoms with E-state index < -0.39 is 5.60 Å². The van der Waals surface area contributed by atoms with Crippen LogP contribution in [0.3, 0.4) is 0 Å². The quantitative estimate of drug-likeness (QED) is 0.596. The number of β-amino-alcohol motifs (C(OH)–C–C–N with tert-alkyl or cyclic N) is 1. The van der Waals surface area contributed by atoms with Gasteiger partial charge in [0, 0.05) is 51.1 Å². The van der Waals surface area contributed by atoms with Gasteiger partial charge in [0.05, 0.1) is 12.7 Å². The number of rotatable bonds is 5. The van der Waals surface area contributed by atoms with Gasteiger partial charge in [0.25, 0.3) is 0 Å². The van der Waals surface area contributed by atoms with Crippen molar-refractivity contribution in [1.82, 2.24) is 9.80 Å². The molecule has 1 saturated heterocycles. The second-order valence-electron chi connectivity index (χ2n) is 13.9. The lowest BCUT2D eigenvalue weighted by molar-refractivity contribution is -0.158. The highest BCUT2D eigenvalue weighted by Crippen LogP contribution is 2.66. The number of ether oxygens (including phenoxy) is 1. The fraction of sp³-hybridized carbons (Fsp3) is 0.781. The highest BCUT2D eigenvalue weighted by atomic mass is 16.5. The molecule has 0 bridgehead atoms. The summed E-state index contributed by atoms with van der Waals surface area (Å²) in [5.74, 6) is 4.20. The number of nitrogens with zero attached hydrogens (tertiary/aromatic N) is 2. The first-order valence-electron chi connectivity index (χ1n) is 15.1. The van der Waals surface area contributed by atoms with Crippen LogP contribution >= 0.6 is 0 Å². The third-order valence-corrected chi connectivity index (χ3v) is 12.1. The van der Waals surface area contributed by atoms with Crippen LogP contribution in [0, 0.1) is 34.5 Å². The summed E-state index contributed by atoms with van der Waals surface area (Å²) in [6, 6.07) is 8.40. The molecule has 1 aromatic carbocycles. The Morgan fingerprint density at radius 1 is 0.973 bits per heavy atom. The third kappa shape index (κ3) is 4.57. The van der Waals surface area contributed by atoms with Gasteiger partial charge >= 0.3 is 0 Å². The summed E-state index contributed by atoms with van der Waals surface area (Å²) in [6.07, 6.45) is 9.86. The molecule has 4 saturated carbocycles. The number of fused-ring (bicyclic) bond motifs is 5. The highest BCUT2D eigenvalue weighted by molar-refractivity contribution is 5.87. The first kappa shape index (κ1) is 25.8. The van der Waals surface area contributed by atoms with Crippen LogP contribution < -0.4 is 4.74 Å². The molecular weight excluding hydrogens is 460 g/mol. The number of ketones is 1. The topological polar surface area (TPSA) is 53.0 Å². The Morgan fingerprint density at radius 2 is 1.76 bits per heavy atom. The second kappa shape index (κ2) is 9.64. The standard InChI is InChI=1S/C32H48N2O3/c1-30-13-14-32(36,22-34-17-15-33(16-18-34)21-23-5-4-6-25(19-23)37-3)20-24(30)7-8-26-27-9-10-29(35)31(27,2)12-11-28(26)30/h4-6,19,24,26-28,36H,7-18,20-22H2,1-3H3/t24-,26-,27-,28-,30-,31-,32+/m0/s1. The van der Waals surface area contributed by atoms with E-state index in [1.165, 1.54) is 24.8 Å². The number of methoxy groups -OCH3 is 1. The van der Waals surface area contributed by atoms with Gasteiger partial charge in [-0.2, -0.15) is 0 Å².